The predicted molar refractivity (Wildman–Crippen MR) is 142 cm³/mol. The second kappa shape index (κ2) is 10.7. The number of nitrogens with one attached hydrogen (secondary N) is 2. The quantitative estimate of drug-likeness (QED) is 0.546. The van der Waals surface area contributed by atoms with Gasteiger partial charge in [-0.05, 0) is 37.1 Å². The average molecular weight is 507 g/mol. The topological polar surface area (TPSA) is 118 Å². The summed E-state index contributed by atoms with van der Waals surface area (Å²) < 4.78 is 7.59. The first-order valence-corrected chi connectivity index (χ1v) is 12.9. The molecule has 0 bridgehead atoms. The number of anilines is 2. The van der Waals surface area contributed by atoms with E-state index in [4.69, 9.17) is 19.8 Å². The summed E-state index contributed by atoms with van der Waals surface area (Å²) >= 11 is 0. The first-order valence-electron chi connectivity index (χ1n) is 12.9. The van der Waals surface area contributed by atoms with E-state index in [-0.39, 0.29) is 23.9 Å². The van der Waals surface area contributed by atoms with Gasteiger partial charge in [-0.2, -0.15) is 5.10 Å². The van der Waals surface area contributed by atoms with Crippen molar-refractivity contribution < 1.29 is 14.3 Å². The Morgan fingerprint density at radius 3 is 2.38 bits per heavy atom. The summed E-state index contributed by atoms with van der Waals surface area (Å²) in [6, 6.07) is 7.38. The molecule has 1 aromatic carbocycles. The van der Waals surface area contributed by atoms with Gasteiger partial charge in [-0.3, -0.25) is 4.79 Å². The molecule has 2 aliphatic rings. The molecule has 3 aromatic rings. The molecule has 37 heavy (non-hydrogen) atoms. The number of hydrogen-bond donors (Lipinski definition) is 2. The summed E-state index contributed by atoms with van der Waals surface area (Å²) in [6.45, 7) is 8.13. The van der Waals surface area contributed by atoms with Gasteiger partial charge < -0.3 is 25.2 Å². The third-order valence-corrected chi connectivity index (χ3v) is 6.99. The minimum Gasteiger partial charge on any atom is -0.378 e. The first-order chi connectivity index (χ1) is 17.9. The van der Waals surface area contributed by atoms with Crippen LogP contribution < -0.4 is 15.5 Å². The molecular formula is C26H34N8O3. The number of benzene rings is 1. The van der Waals surface area contributed by atoms with Crippen molar-refractivity contribution in [3.8, 4) is 11.4 Å². The number of rotatable bonds is 5. The van der Waals surface area contributed by atoms with Crippen LogP contribution in [-0.2, 0) is 9.53 Å². The normalized spacial score (nSPS) is 16.9. The molecule has 5 rings (SSSR count). The van der Waals surface area contributed by atoms with Crippen LogP contribution in [0, 0.1) is 5.92 Å². The summed E-state index contributed by atoms with van der Waals surface area (Å²) in [5.41, 5.74) is 2.34. The van der Waals surface area contributed by atoms with Crippen LogP contribution in [0.5, 0.6) is 0 Å². The van der Waals surface area contributed by atoms with Crippen LogP contribution in [0.3, 0.4) is 0 Å². The molecule has 3 amide bonds. The van der Waals surface area contributed by atoms with E-state index in [1.54, 1.807) is 7.05 Å². The lowest BCUT2D eigenvalue weighted by molar-refractivity contribution is -0.135. The zero-order chi connectivity index (χ0) is 25.9. The second-order valence-corrected chi connectivity index (χ2v) is 9.79. The van der Waals surface area contributed by atoms with Crippen molar-refractivity contribution in [3.05, 3.63) is 30.5 Å². The number of morpholine rings is 1. The third-order valence-electron chi connectivity index (χ3n) is 6.99. The monoisotopic (exact) mass is 506 g/mol. The lowest BCUT2D eigenvalue weighted by atomic mass is 10.0. The number of fused-ring (bicyclic) bond motifs is 1. The molecule has 11 nitrogen and oxygen atoms in total. The van der Waals surface area contributed by atoms with Crippen molar-refractivity contribution in [2.75, 3.05) is 56.7 Å². The highest BCUT2D eigenvalue weighted by Crippen LogP contribution is 2.32. The van der Waals surface area contributed by atoms with E-state index in [0.717, 1.165) is 61.4 Å². The van der Waals surface area contributed by atoms with Crippen LogP contribution in [0.4, 0.5) is 16.3 Å². The maximum Gasteiger partial charge on any atom is 0.318 e. The molecule has 2 aliphatic heterocycles. The van der Waals surface area contributed by atoms with E-state index in [1.807, 2.05) is 53.9 Å². The average Bonchev–Trinajstić information content (AvgIpc) is 3.37. The number of hydrogen-bond acceptors (Lipinski definition) is 7. The van der Waals surface area contributed by atoms with Crippen LogP contribution in [0.1, 0.15) is 32.7 Å². The van der Waals surface area contributed by atoms with Gasteiger partial charge >= 0.3 is 6.03 Å². The number of carbonyl (C=O) groups excluding carboxylic acids is 2. The maximum atomic E-state index is 12.5. The molecule has 0 atom stereocenters. The summed E-state index contributed by atoms with van der Waals surface area (Å²) in [4.78, 5) is 38.3. The molecule has 0 aliphatic carbocycles. The molecule has 0 unspecified atom stereocenters. The van der Waals surface area contributed by atoms with Gasteiger partial charge in [0.25, 0.3) is 0 Å². The first kappa shape index (κ1) is 24.9. The molecule has 0 saturated carbocycles. The molecule has 11 heteroatoms. The summed E-state index contributed by atoms with van der Waals surface area (Å²) in [6.07, 6.45) is 3.54. The van der Waals surface area contributed by atoms with E-state index in [0.29, 0.717) is 24.7 Å². The minimum atomic E-state index is -0.273. The zero-order valence-electron chi connectivity index (χ0n) is 21.6. The van der Waals surface area contributed by atoms with Gasteiger partial charge in [0.05, 0.1) is 30.8 Å². The van der Waals surface area contributed by atoms with Crippen LogP contribution in [-0.4, -0.2) is 83.0 Å². The van der Waals surface area contributed by atoms with Crippen molar-refractivity contribution in [1.82, 2.24) is 30.0 Å². The SMILES string of the molecule is CNC(=O)Nc1ccc(-c2nc(N3CCOCC3)c3cnn(C4CCN(C(=O)C(C)C)CC4)c3n2)cc1. The highest BCUT2D eigenvalue weighted by Gasteiger charge is 2.28. The van der Waals surface area contributed by atoms with Crippen molar-refractivity contribution in [3.63, 3.8) is 0 Å². The number of aromatic nitrogens is 4. The van der Waals surface area contributed by atoms with Crippen LogP contribution in [0.25, 0.3) is 22.4 Å². The Morgan fingerprint density at radius 1 is 1.03 bits per heavy atom. The van der Waals surface area contributed by atoms with Crippen molar-refractivity contribution in [2.45, 2.75) is 32.7 Å². The standard InChI is InChI=1S/C26H34N8O3/c1-17(2)25(35)33-10-8-20(9-11-33)34-24-21(16-28-34)23(32-12-14-37-15-13-32)30-22(31-24)18-4-6-19(7-5-18)29-26(36)27-3/h4-7,16-17,20H,8-15H2,1-3H3,(H2,27,29,36). The van der Waals surface area contributed by atoms with Crippen LogP contribution >= 0.6 is 0 Å². The molecule has 0 spiro atoms. The van der Waals surface area contributed by atoms with Gasteiger partial charge in [-0.15, -0.1) is 0 Å². The molecule has 196 valence electrons. The number of amides is 3. The summed E-state index contributed by atoms with van der Waals surface area (Å²) in [5, 5.41) is 11.0. The van der Waals surface area contributed by atoms with E-state index in [9.17, 15) is 9.59 Å². The molecule has 2 N–H and O–H groups in total. The highest BCUT2D eigenvalue weighted by atomic mass is 16.5. The Bertz CT molecular complexity index is 1260. The van der Waals surface area contributed by atoms with E-state index in [1.165, 1.54) is 0 Å². The Kier molecular flexibility index (Phi) is 7.22. The highest BCUT2D eigenvalue weighted by molar-refractivity contribution is 5.90. The fraction of sp³-hybridized carbons (Fsp3) is 0.500. The molecule has 4 heterocycles. The Labute approximate surface area is 216 Å². The van der Waals surface area contributed by atoms with Gasteiger partial charge in [0.1, 0.15) is 5.82 Å². The van der Waals surface area contributed by atoms with E-state index in [2.05, 4.69) is 15.5 Å². The second-order valence-electron chi connectivity index (χ2n) is 9.79. The fourth-order valence-electron chi connectivity index (χ4n) is 4.92. The molecule has 2 fully saturated rings. The van der Waals surface area contributed by atoms with Crippen molar-refractivity contribution in [2.24, 2.45) is 5.92 Å². The minimum absolute atomic E-state index is 0.00593. The molecular weight excluding hydrogens is 472 g/mol. The fourth-order valence-corrected chi connectivity index (χ4v) is 4.92. The van der Waals surface area contributed by atoms with Crippen LogP contribution in [0.15, 0.2) is 30.5 Å². The Morgan fingerprint density at radius 2 is 1.73 bits per heavy atom. The number of carbonyl (C=O) groups is 2. The van der Waals surface area contributed by atoms with Gasteiger partial charge in [-0.1, -0.05) is 13.8 Å². The smallest absolute Gasteiger partial charge is 0.318 e. The van der Waals surface area contributed by atoms with Crippen molar-refractivity contribution >= 4 is 34.5 Å². The molecule has 0 radical (unpaired) electrons. The Hall–Kier alpha value is -3.73. The van der Waals surface area contributed by atoms with Crippen LogP contribution in [0.2, 0.25) is 0 Å². The number of piperidine rings is 1. The van der Waals surface area contributed by atoms with Gasteiger partial charge in [0.15, 0.2) is 11.5 Å². The number of nitrogens with zero attached hydrogens (tertiary/aromatic N) is 6. The van der Waals surface area contributed by atoms with Crippen molar-refractivity contribution in [1.29, 1.82) is 0 Å². The zero-order valence-corrected chi connectivity index (χ0v) is 21.6. The number of likely N-dealkylation sites (tertiary alicyclic amines) is 1. The molecule has 2 saturated heterocycles. The largest absolute Gasteiger partial charge is 0.378 e. The Balaban J connectivity index is 1.48. The maximum absolute atomic E-state index is 12.5. The predicted octanol–water partition coefficient (Wildman–Crippen LogP) is 2.90. The van der Waals surface area contributed by atoms with Gasteiger partial charge in [0.2, 0.25) is 5.91 Å². The third kappa shape index (κ3) is 5.22. The number of urea groups is 1. The summed E-state index contributed by atoms with van der Waals surface area (Å²) in [7, 11) is 1.58. The number of ether oxygens (including phenoxy) is 1. The van der Waals surface area contributed by atoms with Gasteiger partial charge in [0, 0.05) is 50.4 Å². The van der Waals surface area contributed by atoms with E-state index >= 15 is 0 Å². The summed E-state index contributed by atoms with van der Waals surface area (Å²) in [5.74, 6) is 1.67. The lowest BCUT2D eigenvalue weighted by Gasteiger charge is -2.33. The lowest BCUT2D eigenvalue weighted by Crippen LogP contribution is -2.41. The van der Waals surface area contributed by atoms with E-state index < -0.39 is 0 Å². The van der Waals surface area contributed by atoms with Gasteiger partial charge in [-0.25, -0.2) is 19.4 Å². The molecule has 2 aromatic heterocycles.